The largest absolute Gasteiger partial charge is 0.462 e. The fourth-order valence-corrected chi connectivity index (χ4v) is 1.55. The van der Waals surface area contributed by atoms with Crippen LogP contribution in [0.15, 0.2) is 0 Å². The Morgan fingerprint density at radius 3 is 1.77 bits per heavy atom. The van der Waals surface area contributed by atoms with E-state index in [1.807, 2.05) is 13.8 Å². The molecule has 0 heterocycles. The molecule has 1 unspecified atom stereocenters. The Morgan fingerprint density at radius 1 is 0.773 bits per heavy atom. The molecule has 0 bridgehead atoms. The molecule has 0 aliphatic rings. The van der Waals surface area contributed by atoms with Crippen molar-refractivity contribution < 1.29 is 28.6 Å². The molecule has 0 saturated carbocycles. The number of hydrogen-bond acceptors (Lipinski definition) is 6. The van der Waals surface area contributed by atoms with Gasteiger partial charge >= 0.3 is 17.9 Å². The average Bonchev–Trinajstić information content (AvgIpc) is 2.52. The highest BCUT2D eigenvalue weighted by molar-refractivity contribution is 5.71. The maximum absolute atomic E-state index is 11.6. The summed E-state index contributed by atoms with van der Waals surface area (Å²) in [5.74, 6) is -1.09. The van der Waals surface area contributed by atoms with Gasteiger partial charge in [0.05, 0.1) is 0 Å². The van der Waals surface area contributed by atoms with Crippen molar-refractivity contribution >= 4 is 17.9 Å². The van der Waals surface area contributed by atoms with Crippen molar-refractivity contribution in [3.05, 3.63) is 0 Å². The first-order valence-electron chi connectivity index (χ1n) is 8.04. The molecule has 6 heteroatoms. The molecule has 0 aliphatic carbocycles. The van der Waals surface area contributed by atoms with Crippen molar-refractivity contribution in [2.45, 2.75) is 71.8 Å². The van der Waals surface area contributed by atoms with E-state index in [4.69, 9.17) is 14.2 Å². The topological polar surface area (TPSA) is 78.9 Å². The summed E-state index contributed by atoms with van der Waals surface area (Å²) >= 11 is 0. The summed E-state index contributed by atoms with van der Waals surface area (Å²) in [6.45, 7) is 5.46. The third-order valence-electron chi connectivity index (χ3n) is 2.92. The molecule has 1 atom stereocenters. The molecule has 0 N–H and O–H groups in total. The van der Waals surface area contributed by atoms with E-state index in [2.05, 4.69) is 0 Å². The molecule has 0 saturated heterocycles. The van der Waals surface area contributed by atoms with Crippen LogP contribution in [0.5, 0.6) is 0 Å². The first-order chi connectivity index (χ1) is 10.5. The predicted molar refractivity (Wildman–Crippen MR) is 81.1 cm³/mol. The van der Waals surface area contributed by atoms with Gasteiger partial charge in [-0.15, -0.1) is 0 Å². The van der Waals surface area contributed by atoms with E-state index < -0.39 is 6.10 Å². The van der Waals surface area contributed by atoms with Crippen LogP contribution in [0.1, 0.15) is 65.7 Å². The van der Waals surface area contributed by atoms with E-state index in [9.17, 15) is 14.4 Å². The van der Waals surface area contributed by atoms with Crippen molar-refractivity contribution in [3.8, 4) is 0 Å². The molecular formula is C16H28O6. The molecule has 0 aromatic heterocycles. The summed E-state index contributed by atoms with van der Waals surface area (Å²) in [4.78, 5) is 34.3. The Morgan fingerprint density at radius 2 is 1.27 bits per heavy atom. The van der Waals surface area contributed by atoms with Crippen LogP contribution < -0.4 is 0 Å². The summed E-state index contributed by atoms with van der Waals surface area (Å²) in [6.07, 6.45) is 3.41. The van der Waals surface area contributed by atoms with Crippen LogP contribution in [0.4, 0.5) is 0 Å². The van der Waals surface area contributed by atoms with Crippen LogP contribution in [0.25, 0.3) is 0 Å². The molecular weight excluding hydrogens is 288 g/mol. The van der Waals surface area contributed by atoms with Crippen molar-refractivity contribution in [2.24, 2.45) is 0 Å². The van der Waals surface area contributed by atoms with Crippen molar-refractivity contribution in [1.82, 2.24) is 0 Å². The molecule has 0 spiro atoms. The minimum Gasteiger partial charge on any atom is -0.462 e. The zero-order valence-electron chi connectivity index (χ0n) is 13.9. The molecule has 22 heavy (non-hydrogen) atoms. The van der Waals surface area contributed by atoms with E-state index in [1.54, 1.807) is 6.92 Å². The Bertz CT molecular complexity index is 340. The highest BCUT2D eigenvalue weighted by atomic mass is 16.6. The van der Waals surface area contributed by atoms with Gasteiger partial charge in [-0.05, 0) is 12.8 Å². The first-order valence-corrected chi connectivity index (χ1v) is 8.04. The second-order valence-corrected chi connectivity index (χ2v) is 5.04. The Hall–Kier alpha value is -1.59. The Balaban J connectivity index is 4.28. The lowest BCUT2D eigenvalue weighted by atomic mass is 10.2. The van der Waals surface area contributed by atoms with E-state index in [0.717, 1.165) is 25.7 Å². The molecule has 0 aromatic carbocycles. The van der Waals surface area contributed by atoms with Gasteiger partial charge in [-0.2, -0.15) is 0 Å². The van der Waals surface area contributed by atoms with Crippen molar-refractivity contribution in [1.29, 1.82) is 0 Å². The van der Waals surface area contributed by atoms with E-state index >= 15 is 0 Å². The first kappa shape index (κ1) is 20.4. The molecule has 0 fully saturated rings. The number of ether oxygens (including phenoxy) is 3. The van der Waals surface area contributed by atoms with Gasteiger partial charge in [-0.25, -0.2) is 0 Å². The van der Waals surface area contributed by atoms with E-state index in [0.29, 0.717) is 12.8 Å². The predicted octanol–water partition coefficient (Wildman–Crippen LogP) is 2.78. The highest BCUT2D eigenvalue weighted by Gasteiger charge is 2.18. The smallest absolute Gasteiger partial charge is 0.306 e. The molecule has 0 radical (unpaired) electrons. The second kappa shape index (κ2) is 13.1. The normalized spacial score (nSPS) is 11.6. The van der Waals surface area contributed by atoms with Crippen LogP contribution in [0, 0.1) is 0 Å². The van der Waals surface area contributed by atoms with Gasteiger partial charge in [0.15, 0.2) is 6.10 Å². The van der Waals surface area contributed by atoms with Gasteiger partial charge in [-0.1, -0.05) is 33.6 Å². The number of hydrogen-bond donors (Lipinski definition) is 0. The molecule has 0 amide bonds. The second-order valence-electron chi connectivity index (χ2n) is 5.04. The van der Waals surface area contributed by atoms with Crippen molar-refractivity contribution in [2.75, 3.05) is 13.2 Å². The fraction of sp³-hybridized carbons (Fsp3) is 0.812. The fourth-order valence-electron chi connectivity index (χ4n) is 1.55. The van der Waals surface area contributed by atoms with Crippen LogP contribution in [-0.4, -0.2) is 37.2 Å². The standard InChI is InChI=1S/C16H28O6/c1-4-7-9-15(18)21-12-13(11-20-14(17)6-3)22-16(19)10-8-5-2/h13H,4-12H2,1-3H3. The summed E-state index contributed by atoms with van der Waals surface area (Å²) in [5.41, 5.74) is 0. The maximum atomic E-state index is 11.6. The lowest BCUT2D eigenvalue weighted by Gasteiger charge is -2.18. The maximum Gasteiger partial charge on any atom is 0.306 e. The summed E-state index contributed by atoms with van der Waals surface area (Å²) in [6, 6.07) is 0. The Labute approximate surface area is 132 Å². The van der Waals surface area contributed by atoms with Gasteiger partial charge in [-0.3, -0.25) is 14.4 Å². The van der Waals surface area contributed by atoms with Crippen LogP contribution in [-0.2, 0) is 28.6 Å². The zero-order valence-corrected chi connectivity index (χ0v) is 13.9. The van der Waals surface area contributed by atoms with E-state index in [-0.39, 0.29) is 37.5 Å². The molecule has 6 nitrogen and oxygen atoms in total. The van der Waals surface area contributed by atoms with Gasteiger partial charge in [0, 0.05) is 19.3 Å². The van der Waals surface area contributed by atoms with Crippen LogP contribution in [0.2, 0.25) is 0 Å². The average molecular weight is 316 g/mol. The lowest BCUT2D eigenvalue weighted by molar-refractivity contribution is -0.166. The summed E-state index contributed by atoms with van der Waals surface area (Å²) in [5, 5.41) is 0. The number of carbonyl (C=O) groups excluding carboxylic acids is 3. The minimum absolute atomic E-state index is 0.0859. The SMILES string of the molecule is CCCCC(=O)OCC(COC(=O)CC)OC(=O)CCCC. The summed E-state index contributed by atoms with van der Waals surface area (Å²) in [7, 11) is 0. The molecule has 0 aromatic rings. The number of carbonyl (C=O) groups is 3. The lowest BCUT2D eigenvalue weighted by Crippen LogP contribution is -2.30. The third kappa shape index (κ3) is 11.1. The monoisotopic (exact) mass is 316 g/mol. The van der Waals surface area contributed by atoms with Crippen LogP contribution in [0.3, 0.4) is 0 Å². The highest BCUT2D eigenvalue weighted by Crippen LogP contribution is 2.04. The number of unbranched alkanes of at least 4 members (excludes halogenated alkanes) is 2. The molecule has 0 rings (SSSR count). The number of rotatable bonds is 12. The minimum atomic E-state index is -0.745. The zero-order chi connectivity index (χ0) is 16.8. The van der Waals surface area contributed by atoms with Gasteiger partial charge in [0.25, 0.3) is 0 Å². The van der Waals surface area contributed by atoms with Gasteiger partial charge in [0.2, 0.25) is 0 Å². The number of esters is 3. The molecule has 0 aliphatic heterocycles. The Kier molecular flexibility index (Phi) is 12.2. The van der Waals surface area contributed by atoms with E-state index in [1.165, 1.54) is 0 Å². The van der Waals surface area contributed by atoms with Gasteiger partial charge < -0.3 is 14.2 Å². The van der Waals surface area contributed by atoms with Gasteiger partial charge in [0.1, 0.15) is 13.2 Å². The quantitative estimate of drug-likeness (QED) is 0.407. The van der Waals surface area contributed by atoms with Crippen molar-refractivity contribution in [3.63, 3.8) is 0 Å². The third-order valence-corrected chi connectivity index (χ3v) is 2.92. The summed E-state index contributed by atoms with van der Waals surface area (Å²) < 4.78 is 15.2. The van der Waals surface area contributed by atoms with Crippen LogP contribution >= 0.6 is 0 Å². The molecule has 128 valence electrons.